The number of rotatable bonds is 6. The lowest BCUT2D eigenvalue weighted by atomic mass is 10.3. The van der Waals surface area contributed by atoms with Crippen LogP contribution in [-0.4, -0.2) is 29.8 Å². The van der Waals surface area contributed by atoms with Crippen molar-refractivity contribution >= 4 is 11.9 Å². The first-order valence-electron chi connectivity index (χ1n) is 5.49. The summed E-state index contributed by atoms with van der Waals surface area (Å²) in [5.74, 6) is -2.47. The maximum Gasteiger partial charge on any atom is 0.422 e. The van der Waals surface area contributed by atoms with Gasteiger partial charge in [0.1, 0.15) is 0 Å². The lowest BCUT2D eigenvalue weighted by Gasteiger charge is -2.12. The van der Waals surface area contributed by atoms with E-state index in [2.05, 4.69) is 4.74 Å². The average Bonchev–Trinajstić information content (AvgIpc) is 2.34. The first-order chi connectivity index (χ1) is 9.28. The monoisotopic (exact) mass is 292 g/mol. The molecule has 0 aliphatic rings. The SMILES string of the molecule is O=C(O)CCC(=O)Oc1ccccc1OCC(F)(F)F. The molecule has 8 heteroatoms. The summed E-state index contributed by atoms with van der Waals surface area (Å²) >= 11 is 0. The molecule has 0 radical (unpaired) electrons. The van der Waals surface area contributed by atoms with Crippen LogP contribution in [0.1, 0.15) is 12.8 Å². The lowest BCUT2D eigenvalue weighted by molar-refractivity contribution is -0.153. The van der Waals surface area contributed by atoms with E-state index in [0.717, 1.165) is 0 Å². The van der Waals surface area contributed by atoms with Gasteiger partial charge in [-0.15, -0.1) is 0 Å². The Hall–Kier alpha value is -2.25. The first-order valence-corrected chi connectivity index (χ1v) is 5.49. The third kappa shape index (κ3) is 6.07. The highest BCUT2D eigenvalue weighted by molar-refractivity contribution is 5.78. The fraction of sp³-hybridized carbons (Fsp3) is 0.333. The summed E-state index contributed by atoms with van der Waals surface area (Å²) in [6.45, 7) is -1.52. The predicted octanol–water partition coefficient (Wildman–Crippen LogP) is 2.40. The number of benzene rings is 1. The number of aliphatic carboxylic acids is 1. The van der Waals surface area contributed by atoms with Crippen LogP contribution in [0, 0.1) is 0 Å². The average molecular weight is 292 g/mol. The topological polar surface area (TPSA) is 72.8 Å². The van der Waals surface area contributed by atoms with Crippen molar-refractivity contribution in [2.45, 2.75) is 19.0 Å². The van der Waals surface area contributed by atoms with Crippen LogP contribution in [0.5, 0.6) is 11.5 Å². The van der Waals surface area contributed by atoms with Gasteiger partial charge in [0.05, 0.1) is 12.8 Å². The second-order valence-corrected chi connectivity index (χ2v) is 3.72. The van der Waals surface area contributed by atoms with E-state index in [1.54, 1.807) is 0 Å². The molecule has 0 heterocycles. The predicted molar refractivity (Wildman–Crippen MR) is 60.5 cm³/mol. The lowest BCUT2D eigenvalue weighted by Crippen LogP contribution is -2.20. The van der Waals surface area contributed by atoms with Crippen molar-refractivity contribution in [3.05, 3.63) is 24.3 Å². The van der Waals surface area contributed by atoms with E-state index in [1.807, 2.05) is 0 Å². The summed E-state index contributed by atoms with van der Waals surface area (Å²) in [5, 5.41) is 8.40. The highest BCUT2D eigenvalue weighted by Gasteiger charge is 2.29. The van der Waals surface area contributed by atoms with E-state index in [1.165, 1.54) is 24.3 Å². The zero-order valence-electron chi connectivity index (χ0n) is 10.1. The zero-order chi connectivity index (χ0) is 15.2. The molecule has 5 nitrogen and oxygen atoms in total. The summed E-state index contributed by atoms with van der Waals surface area (Å²) in [6.07, 6.45) is -5.33. The fourth-order valence-electron chi connectivity index (χ4n) is 1.20. The minimum Gasteiger partial charge on any atom is -0.481 e. The third-order valence-corrected chi connectivity index (χ3v) is 2.01. The molecule has 110 valence electrons. The third-order valence-electron chi connectivity index (χ3n) is 2.01. The van der Waals surface area contributed by atoms with Crippen molar-refractivity contribution in [1.82, 2.24) is 0 Å². The van der Waals surface area contributed by atoms with Gasteiger partial charge in [-0.2, -0.15) is 13.2 Å². The molecule has 0 spiro atoms. The number of halogens is 3. The number of carbonyl (C=O) groups excluding carboxylic acids is 1. The number of para-hydroxylation sites is 2. The maximum absolute atomic E-state index is 12.0. The van der Waals surface area contributed by atoms with Gasteiger partial charge in [-0.1, -0.05) is 12.1 Å². The van der Waals surface area contributed by atoms with Crippen LogP contribution in [0.2, 0.25) is 0 Å². The standard InChI is InChI=1S/C12H11F3O5/c13-12(14,15)7-19-8-3-1-2-4-9(8)20-11(18)6-5-10(16)17/h1-4H,5-7H2,(H,16,17). The fourth-order valence-corrected chi connectivity index (χ4v) is 1.20. The summed E-state index contributed by atoms with van der Waals surface area (Å²) < 4.78 is 45.4. The molecule has 1 aromatic carbocycles. The maximum atomic E-state index is 12.0. The van der Waals surface area contributed by atoms with Crippen LogP contribution < -0.4 is 9.47 Å². The van der Waals surface area contributed by atoms with Gasteiger partial charge < -0.3 is 14.6 Å². The largest absolute Gasteiger partial charge is 0.481 e. The highest BCUT2D eigenvalue weighted by Crippen LogP contribution is 2.28. The quantitative estimate of drug-likeness (QED) is 0.644. The second-order valence-electron chi connectivity index (χ2n) is 3.72. The number of carboxylic acids is 1. The Balaban J connectivity index is 2.65. The van der Waals surface area contributed by atoms with Crippen LogP contribution in [-0.2, 0) is 9.59 Å². The van der Waals surface area contributed by atoms with Crippen LogP contribution >= 0.6 is 0 Å². The zero-order valence-corrected chi connectivity index (χ0v) is 10.1. The van der Waals surface area contributed by atoms with Gasteiger partial charge in [0.25, 0.3) is 0 Å². The molecular weight excluding hydrogens is 281 g/mol. The van der Waals surface area contributed by atoms with Crippen LogP contribution in [0.15, 0.2) is 24.3 Å². The second kappa shape index (κ2) is 6.78. The van der Waals surface area contributed by atoms with Gasteiger partial charge in [0.15, 0.2) is 18.1 Å². The highest BCUT2D eigenvalue weighted by atomic mass is 19.4. The Labute approximate surface area is 111 Å². The van der Waals surface area contributed by atoms with Crippen molar-refractivity contribution in [3.8, 4) is 11.5 Å². The number of ether oxygens (including phenoxy) is 2. The summed E-state index contributed by atoms with van der Waals surface area (Å²) in [5.41, 5.74) is 0. The Bertz CT molecular complexity index is 484. The van der Waals surface area contributed by atoms with Gasteiger partial charge in [0.2, 0.25) is 0 Å². The number of carboxylic acid groups (broad SMARTS) is 1. The van der Waals surface area contributed by atoms with Crippen molar-refractivity contribution in [2.24, 2.45) is 0 Å². The van der Waals surface area contributed by atoms with Gasteiger partial charge in [0, 0.05) is 0 Å². The Morgan fingerprint density at radius 2 is 1.70 bits per heavy atom. The van der Waals surface area contributed by atoms with Crippen molar-refractivity contribution < 1.29 is 37.3 Å². The molecule has 1 N–H and O–H groups in total. The van der Waals surface area contributed by atoms with Crippen molar-refractivity contribution in [2.75, 3.05) is 6.61 Å². The van der Waals surface area contributed by atoms with Crippen molar-refractivity contribution in [1.29, 1.82) is 0 Å². The van der Waals surface area contributed by atoms with Gasteiger partial charge >= 0.3 is 18.1 Å². The molecule has 1 rings (SSSR count). The molecular formula is C12H11F3O5. The molecule has 20 heavy (non-hydrogen) atoms. The van der Waals surface area contributed by atoms with Crippen LogP contribution in [0.3, 0.4) is 0 Å². The van der Waals surface area contributed by atoms with E-state index in [0.29, 0.717) is 0 Å². The normalized spacial score (nSPS) is 10.9. The molecule has 0 unspecified atom stereocenters. The number of esters is 1. The molecule has 0 aliphatic carbocycles. The molecule has 0 bridgehead atoms. The number of alkyl halides is 3. The van der Waals surface area contributed by atoms with E-state index in [-0.39, 0.29) is 17.9 Å². The molecule has 0 aliphatic heterocycles. The van der Waals surface area contributed by atoms with E-state index < -0.39 is 31.1 Å². The van der Waals surface area contributed by atoms with Gasteiger partial charge in [-0.05, 0) is 12.1 Å². The summed E-state index contributed by atoms with van der Waals surface area (Å²) in [4.78, 5) is 21.6. The Morgan fingerprint density at radius 3 is 2.25 bits per heavy atom. The minimum atomic E-state index is -4.51. The number of hydrogen-bond acceptors (Lipinski definition) is 4. The molecule has 0 saturated carbocycles. The van der Waals surface area contributed by atoms with Gasteiger partial charge in [-0.3, -0.25) is 9.59 Å². The molecule has 0 aromatic heterocycles. The molecule has 0 amide bonds. The van der Waals surface area contributed by atoms with E-state index in [4.69, 9.17) is 9.84 Å². The molecule has 0 fully saturated rings. The molecule has 1 aromatic rings. The molecule has 0 saturated heterocycles. The minimum absolute atomic E-state index is 0.188. The number of carbonyl (C=O) groups is 2. The first kappa shape index (κ1) is 15.8. The van der Waals surface area contributed by atoms with E-state index in [9.17, 15) is 22.8 Å². The number of hydrogen-bond donors (Lipinski definition) is 1. The van der Waals surface area contributed by atoms with Crippen LogP contribution in [0.4, 0.5) is 13.2 Å². The molecule has 0 atom stereocenters. The smallest absolute Gasteiger partial charge is 0.422 e. The Kier molecular flexibility index (Phi) is 5.36. The van der Waals surface area contributed by atoms with Crippen molar-refractivity contribution in [3.63, 3.8) is 0 Å². The summed E-state index contributed by atoms with van der Waals surface area (Å²) in [7, 11) is 0. The van der Waals surface area contributed by atoms with Crippen LogP contribution in [0.25, 0.3) is 0 Å². The van der Waals surface area contributed by atoms with Gasteiger partial charge in [-0.25, -0.2) is 0 Å². The van der Waals surface area contributed by atoms with E-state index >= 15 is 0 Å². The Morgan fingerprint density at radius 1 is 1.10 bits per heavy atom. The summed E-state index contributed by atoms with van der Waals surface area (Å²) in [6, 6.07) is 5.33.